The molecular formula is C6H7N3. The van der Waals surface area contributed by atoms with Crippen LogP contribution in [0, 0.1) is 11.3 Å². The van der Waals surface area contributed by atoms with Gasteiger partial charge in [-0.15, -0.1) is 0 Å². The van der Waals surface area contributed by atoms with Crippen LogP contribution in [0.4, 0.5) is 0 Å². The molecule has 46 valence electrons. The second kappa shape index (κ2) is 3.58. The molecule has 0 amide bonds. The topological polar surface area (TPSA) is 71.7 Å². The summed E-state index contributed by atoms with van der Waals surface area (Å²) in [7, 11) is 0. The zero-order valence-corrected chi connectivity index (χ0v) is 4.91. The first-order valence-corrected chi connectivity index (χ1v) is 2.23. The monoisotopic (exact) mass is 121 g/mol. The van der Waals surface area contributed by atoms with Gasteiger partial charge in [-0.2, -0.15) is 5.26 Å². The lowest BCUT2D eigenvalue weighted by molar-refractivity contribution is 1.31. The average molecular weight is 121 g/mol. The number of pyridine rings is 1. The zero-order valence-electron chi connectivity index (χ0n) is 4.91. The number of rotatable bonds is 0. The van der Waals surface area contributed by atoms with E-state index in [-0.39, 0.29) is 6.15 Å². The fourth-order valence-corrected chi connectivity index (χ4v) is 0.426. The van der Waals surface area contributed by atoms with E-state index in [0.29, 0.717) is 5.56 Å². The van der Waals surface area contributed by atoms with Crippen molar-refractivity contribution in [2.75, 3.05) is 0 Å². The molecular weight excluding hydrogens is 114 g/mol. The van der Waals surface area contributed by atoms with Crippen molar-refractivity contribution < 1.29 is 0 Å². The van der Waals surface area contributed by atoms with Gasteiger partial charge in [0.25, 0.3) is 0 Å². The molecule has 1 heterocycles. The summed E-state index contributed by atoms with van der Waals surface area (Å²) in [6, 6.07) is 5.32. The average Bonchev–Trinajstić information content (AvgIpc) is 1.90. The van der Waals surface area contributed by atoms with Crippen molar-refractivity contribution in [3.8, 4) is 6.07 Å². The molecule has 9 heavy (non-hydrogen) atoms. The molecule has 1 aromatic heterocycles. The molecule has 0 fully saturated rings. The molecule has 0 saturated carbocycles. The molecule has 0 unspecified atom stereocenters. The lowest BCUT2D eigenvalue weighted by Gasteiger charge is -1.79. The van der Waals surface area contributed by atoms with Gasteiger partial charge in [0.15, 0.2) is 0 Å². The molecule has 0 atom stereocenters. The van der Waals surface area contributed by atoms with E-state index in [1.165, 1.54) is 0 Å². The molecule has 0 aliphatic carbocycles. The highest BCUT2D eigenvalue weighted by atomic mass is 14.6. The van der Waals surface area contributed by atoms with Gasteiger partial charge in [-0.1, -0.05) is 0 Å². The number of aromatic nitrogens is 1. The van der Waals surface area contributed by atoms with Crippen LogP contribution in [-0.4, -0.2) is 4.98 Å². The first-order chi connectivity index (χ1) is 3.93. The Kier molecular flexibility index (Phi) is 3.03. The summed E-state index contributed by atoms with van der Waals surface area (Å²) in [5.41, 5.74) is 0.653. The van der Waals surface area contributed by atoms with Crippen LogP contribution in [0.3, 0.4) is 0 Å². The van der Waals surface area contributed by atoms with Crippen LogP contribution < -0.4 is 6.15 Å². The van der Waals surface area contributed by atoms with Crippen LogP contribution in [0.25, 0.3) is 0 Å². The molecule has 0 bridgehead atoms. The highest BCUT2D eigenvalue weighted by Crippen LogP contribution is 1.89. The van der Waals surface area contributed by atoms with Crippen LogP contribution in [0.2, 0.25) is 0 Å². The third-order valence-corrected chi connectivity index (χ3v) is 0.809. The summed E-state index contributed by atoms with van der Waals surface area (Å²) >= 11 is 0. The van der Waals surface area contributed by atoms with Gasteiger partial charge < -0.3 is 6.15 Å². The molecule has 3 nitrogen and oxygen atoms in total. The summed E-state index contributed by atoms with van der Waals surface area (Å²) in [6.45, 7) is 0. The molecule has 0 radical (unpaired) electrons. The second-order valence-electron chi connectivity index (χ2n) is 1.35. The molecule has 3 heteroatoms. The molecule has 3 N–H and O–H groups in total. The minimum atomic E-state index is 0. The van der Waals surface area contributed by atoms with E-state index in [2.05, 4.69) is 4.98 Å². The van der Waals surface area contributed by atoms with Crippen LogP contribution in [0.5, 0.6) is 0 Å². The summed E-state index contributed by atoms with van der Waals surface area (Å²) in [4.78, 5) is 3.74. The Morgan fingerprint density at radius 1 is 1.33 bits per heavy atom. The molecule has 0 aliphatic rings. The van der Waals surface area contributed by atoms with E-state index in [4.69, 9.17) is 5.26 Å². The Hall–Kier alpha value is -1.40. The normalized spacial score (nSPS) is 7.00. The van der Waals surface area contributed by atoms with Gasteiger partial charge in [-0.3, -0.25) is 4.98 Å². The van der Waals surface area contributed by atoms with Gasteiger partial charge in [-0.25, -0.2) is 0 Å². The smallest absolute Gasteiger partial charge is 0.0992 e. The maximum Gasteiger partial charge on any atom is 0.0992 e. The van der Waals surface area contributed by atoms with Crippen LogP contribution in [-0.2, 0) is 0 Å². The fourth-order valence-electron chi connectivity index (χ4n) is 0.426. The minimum absolute atomic E-state index is 0. The van der Waals surface area contributed by atoms with Gasteiger partial charge in [0.1, 0.15) is 0 Å². The quantitative estimate of drug-likeness (QED) is 0.558. The molecule has 1 aromatic rings. The SMILES string of the molecule is N.N#Cc1ccncc1. The Morgan fingerprint density at radius 3 is 2.22 bits per heavy atom. The number of hydrogen-bond acceptors (Lipinski definition) is 3. The lowest BCUT2D eigenvalue weighted by Crippen LogP contribution is -1.71. The van der Waals surface area contributed by atoms with Gasteiger partial charge in [0, 0.05) is 12.4 Å². The van der Waals surface area contributed by atoms with E-state index in [0.717, 1.165) is 0 Å². The number of nitrogens with zero attached hydrogens (tertiary/aromatic N) is 2. The van der Waals surface area contributed by atoms with E-state index in [9.17, 15) is 0 Å². The van der Waals surface area contributed by atoms with Crippen molar-refractivity contribution in [1.29, 1.82) is 5.26 Å². The van der Waals surface area contributed by atoms with Gasteiger partial charge in [0.05, 0.1) is 11.6 Å². The first kappa shape index (κ1) is 7.60. The van der Waals surface area contributed by atoms with Crippen molar-refractivity contribution in [2.24, 2.45) is 0 Å². The van der Waals surface area contributed by atoms with Crippen molar-refractivity contribution in [1.82, 2.24) is 11.1 Å². The van der Waals surface area contributed by atoms with Crippen LogP contribution >= 0.6 is 0 Å². The van der Waals surface area contributed by atoms with Crippen molar-refractivity contribution >= 4 is 0 Å². The third kappa shape index (κ3) is 1.89. The Morgan fingerprint density at radius 2 is 1.89 bits per heavy atom. The molecule has 1 rings (SSSR count). The fraction of sp³-hybridized carbons (Fsp3) is 0. The van der Waals surface area contributed by atoms with Crippen LogP contribution in [0.1, 0.15) is 5.56 Å². The lowest BCUT2D eigenvalue weighted by atomic mass is 10.3. The number of hydrogen-bond donors (Lipinski definition) is 1. The predicted octanol–water partition coefficient (Wildman–Crippen LogP) is 1.12. The van der Waals surface area contributed by atoms with E-state index in [1.54, 1.807) is 24.5 Å². The molecule has 0 aliphatic heterocycles. The molecule has 0 spiro atoms. The zero-order chi connectivity index (χ0) is 5.82. The summed E-state index contributed by atoms with van der Waals surface area (Å²) in [5.74, 6) is 0. The molecule has 0 saturated heterocycles. The summed E-state index contributed by atoms with van der Waals surface area (Å²) < 4.78 is 0. The van der Waals surface area contributed by atoms with Gasteiger partial charge in [0.2, 0.25) is 0 Å². The van der Waals surface area contributed by atoms with Crippen LogP contribution in [0.15, 0.2) is 24.5 Å². The maximum atomic E-state index is 8.26. The second-order valence-corrected chi connectivity index (χ2v) is 1.35. The minimum Gasteiger partial charge on any atom is -0.344 e. The molecule has 0 aromatic carbocycles. The largest absolute Gasteiger partial charge is 0.344 e. The van der Waals surface area contributed by atoms with E-state index >= 15 is 0 Å². The highest BCUT2D eigenvalue weighted by Gasteiger charge is 1.80. The van der Waals surface area contributed by atoms with Gasteiger partial charge in [-0.05, 0) is 12.1 Å². The van der Waals surface area contributed by atoms with E-state index in [1.807, 2.05) is 6.07 Å². The highest BCUT2D eigenvalue weighted by molar-refractivity contribution is 5.24. The Labute approximate surface area is 53.5 Å². The first-order valence-electron chi connectivity index (χ1n) is 2.23. The number of nitriles is 1. The van der Waals surface area contributed by atoms with Crippen molar-refractivity contribution in [3.05, 3.63) is 30.1 Å². The van der Waals surface area contributed by atoms with Gasteiger partial charge >= 0.3 is 0 Å². The summed E-state index contributed by atoms with van der Waals surface area (Å²) in [5, 5.41) is 8.26. The van der Waals surface area contributed by atoms with E-state index < -0.39 is 0 Å². The van der Waals surface area contributed by atoms with Crippen molar-refractivity contribution in [2.45, 2.75) is 0 Å². The Balaban J connectivity index is 0.000000640. The maximum absolute atomic E-state index is 8.26. The van der Waals surface area contributed by atoms with Crippen molar-refractivity contribution in [3.63, 3.8) is 0 Å². The third-order valence-electron chi connectivity index (χ3n) is 0.809. The predicted molar refractivity (Wildman–Crippen MR) is 34.0 cm³/mol. The summed E-state index contributed by atoms with van der Waals surface area (Å²) in [6.07, 6.45) is 3.19. The standard InChI is InChI=1S/C6H4N2.H3N/c7-5-6-1-3-8-4-2-6;/h1-4H;1H3. The Bertz CT molecular complexity index is 199.